The second kappa shape index (κ2) is 4.39. The summed E-state index contributed by atoms with van der Waals surface area (Å²) < 4.78 is 0. The van der Waals surface area contributed by atoms with Crippen molar-refractivity contribution in [2.75, 3.05) is 19.9 Å². The van der Waals surface area contributed by atoms with Crippen LogP contribution in [0.25, 0.3) is 10.9 Å². The monoisotopic (exact) mass is 231 g/mol. The molecular weight excluding hydrogens is 218 g/mol. The number of rotatable bonds is 2. The molecule has 0 fully saturated rings. The van der Waals surface area contributed by atoms with Crippen molar-refractivity contribution in [3.63, 3.8) is 0 Å². The summed E-state index contributed by atoms with van der Waals surface area (Å²) in [6, 6.07) is 8.97. The molecule has 0 saturated carbocycles. The van der Waals surface area contributed by atoms with Crippen LogP contribution in [0.4, 0.5) is 5.69 Å². The topological polar surface area (TPSA) is 68.5 Å². The van der Waals surface area contributed by atoms with Gasteiger partial charge >= 0.3 is 0 Å². The summed E-state index contributed by atoms with van der Waals surface area (Å²) in [7, 11) is 2.94. The maximum Gasteiger partial charge on any atom is 0.295 e. The average molecular weight is 231 g/mol. The van der Waals surface area contributed by atoms with Crippen LogP contribution in [-0.4, -0.2) is 30.1 Å². The molecule has 0 aliphatic rings. The fourth-order valence-corrected chi connectivity index (χ4v) is 1.56. The number of aromatic nitrogens is 1. The molecule has 1 aromatic carbocycles. The molecule has 2 aromatic rings. The summed E-state index contributed by atoms with van der Waals surface area (Å²) in [4.78, 5) is 20.9. The van der Waals surface area contributed by atoms with Crippen LogP contribution in [0.1, 0.15) is 10.5 Å². The van der Waals surface area contributed by atoms with E-state index in [1.807, 2.05) is 24.3 Å². The van der Waals surface area contributed by atoms with Crippen LogP contribution < -0.4 is 5.73 Å². The molecule has 2 rings (SSSR count). The zero-order valence-electron chi connectivity index (χ0n) is 9.68. The Hall–Kier alpha value is -2.14. The van der Waals surface area contributed by atoms with Crippen molar-refractivity contribution < 1.29 is 9.63 Å². The Morgan fingerprint density at radius 1 is 1.41 bits per heavy atom. The number of hydrogen-bond donors (Lipinski definition) is 1. The van der Waals surface area contributed by atoms with E-state index in [-0.39, 0.29) is 11.6 Å². The molecule has 1 aromatic heterocycles. The average Bonchev–Trinajstić information content (AvgIpc) is 2.37. The van der Waals surface area contributed by atoms with E-state index < -0.39 is 0 Å². The molecule has 0 unspecified atom stereocenters. The smallest absolute Gasteiger partial charge is 0.295 e. The first-order valence-electron chi connectivity index (χ1n) is 5.11. The van der Waals surface area contributed by atoms with Crippen molar-refractivity contribution in [3.05, 3.63) is 36.0 Å². The molecule has 0 saturated heterocycles. The molecule has 17 heavy (non-hydrogen) atoms. The van der Waals surface area contributed by atoms with Crippen molar-refractivity contribution in [3.8, 4) is 0 Å². The number of nitrogens with zero attached hydrogens (tertiary/aromatic N) is 2. The highest BCUT2D eigenvalue weighted by atomic mass is 16.7. The molecule has 0 spiro atoms. The fourth-order valence-electron chi connectivity index (χ4n) is 1.56. The third kappa shape index (κ3) is 2.05. The van der Waals surface area contributed by atoms with Gasteiger partial charge in [-0.3, -0.25) is 9.63 Å². The number of hydroxylamine groups is 2. The van der Waals surface area contributed by atoms with Crippen molar-refractivity contribution in [2.45, 2.75) is 0 Å². The number of anilines is 1. The second-order valence-corrected chi connectivity index (χ2v) is 3.60. The number of carbonyl (C=O) groups is 1. The highest BCUT2D eigenvalue weighted by molar-refractivity contribution is 5.98. The van der Waals surface area contributed by atoms with Crippen LogP contribution in [0.15, 0.2) is 30.3 Å². The van der Waals surface area contributed by atoms with E-state index in [2.05, 4.69) is 4.98 Å². The molecular formula is C12H13N3O2. The minimum absolute atomic E-state index is 0.269. The van der Waals surface area contributed by atoms with Crippen molar-refractivity contribution >= 4 is 22.5 Å². The van der Waals surface area contributed by atoms with Gasteiger partial charge in [0.1, 0.15) is 5.69 Å². The zero-order valence-corrected chi connectivity index (χ0v) is 9.68. The predicted molar refractivity (Wildman–Crippen MR) is 65.3 cm³/mol. The maximum atomic E-state index is 11.9. The van der Waals surface area contributed by atoms with E-state index >= 15 is 0 Å². The standard InChI is InChI=1S/C12H13N3O2/c1-15(17-2)12(16)11-7-9(13)8-5-3-4-6-10(8)14-11/h3-7H,1-2H3,(H2,13,14). The molecule has 0 aliphatic heterocycles. The lowest BCUT2D eigenvalue weighted by molar-refractivity contribution is -0.0760. The number of carbonyl (C=O) groups excluding carboxylic acids is 1. The summed E-state index contributed by atoms with van der Waals surface area (Å²) in [5.74, 6) is -0.329. The van der Waals surface area contributed by atoms with Gasteiger partial charge in [-0.05, 0) is 12.1 Å². The van der Waals surface area contributed by atoms with Gasteiger partial charge in [-0.1, -0.05) is 18.2 Å². The first kappa shape index (κ1) is 11.3. The maximum absolute atomic E-state index is 11.9. The third-order valence-corrected chi connectivity index (χ3v) is 2.53. The summed E-state index contributed by atoms with van der Waals surface area (Å²) in [5, 5.41) is 1.94. The third-order valence-electron chi connectivity index (χ3n) is 2.53. The normalized spacial score (nSPS) is 10.5. The molecule has 1 heterocycles. The Bertz CT molecular complexity index is 569. The van der Waals surface area contributed by atoms with Crippen LogP contribution in [0.5, 0.6) is 0 Å². The molecule has 1 amide bonds. The highest BCUT2D eigenvalue weighted by Gasteiger charge is 2.14. The lowest BCUT2D eigenvalue weighted by Crippen LogP contribution is -2.26. The quantitative estimate of drug-likeness (QED) is 0.794. The predicted octanol–water partition coefficient (Wildman–Crippen LogP) is 1.45. The summed E-state index contributed by atoms with van der Waals surface area (Å²) in [6.07, 6.45) is 0. The molecule has 2 N–H and O–H groups in total. The van der Waals surface area contributed by atoms with E-state index in [1.165, 1.54) is 14.2 Å². The van der Waals surface area contributed by atoms with Crippen molar-refractivity contribution in [1.29, 1.82) is 0 Å². The Balaban J connectivity index is 2.54. The molecule has 0 radical (unpaired) electrons. The Kier molecular flexibility index (Phi) is 2.93. The lowest BCUT2D eigenvalue weighted by atomic mass is 10.1. The minimum atomic E-state index is -0.329. The van der Waals surface area contributed by atoms with Gasteiger partial charge in [0.05, 0.1) is 12.6 Å². The van der Waals surface area contributed by atoms with Crippen LogP contribution in [0.3, 0.4) is 0 Å². The van der Waals surface area contributed by atoms with Crippen molar-refractivity contribution in [1.82, 2.24) is 10.0 Å². The largest absolute Gasteiger partial charge is 0.398 e. The van der Waals surface area contributed by atoms with E-state index in [9.17, 15) is 4.79 Å². The molecule has 0 bridgehead atoms. The minimum Gasteiger partial charge on any atom is -0.398 e. The number of para-hydroxylation sites is 1. The summed E-state index contributed by atoms with van der Waals surface area (Å²) >= 11 is 0. The van der Waals surface area contributed by atoms with Gasteiger partial charge in [-0.15, -0.1) is 0 Å². The second-order valence-electron chi connectivity index (χ2n) is 3.60. The lowest BCUT2D eigenvalue weighted by Gasteiger charge is -2.13. The Labute approximate surface area is 98.8 Å². The number of amides is 1. The first-order valence-corrected chi connectivity index (χ1v) is 5.11. The van der Waals surface area contributed by atoms with E-state index in [1.54, 1.807) is 6.07 Å². The Morgan fingerprint density at radius 2 is 2.12 bits per heavy atom. The number of nitrogen functional groups attached to an aromatic ring is 1. The van der Waals surface area contributed by atoms with Crippen LogP contribution in [0.2, 0.25) is 0 Å². The van der Waals surface area contributed by atoms with Crippen LogP contribution in [0, 0.1) is 0 Å². The number of nitrogens with two attached hydrogens (primary N) is 1. The van der Waals surface area contributed by atoms with Crippen LogP contribution in [-0.2, 0) is 4.84 Å². The number of benzene rings is 1. The van der Waals surface area contributed by atoms with Crippen molar-refractivity contribution in [2.24, 2.45) is 0 Å². The molecule has 5 nitrogen and oxygen atoms in total. The summed E-state index contributed by atoms with van der Waals surface area (Å²) in [5.41, 5.74) is 7.38. The van der Waals surface area contributed by atoms with Gasteiger partial charge in [0, 0.05) is 18.1 Å². The molecule has 0 aliphatic carbocycles. The number of fused-ring (bicyclic) bond motifs is 1. The fraction of sp³-hybridized carbons (Fsp3) is 0.167. The van der Waals surface area contributed by atoms with Gasteiger partial charge in [0.2, 0.25) is 0 Å². The van der Waals surface area contributed by atoms with Gasteiger partial charge in [-0.2, -0.15) is 0 Å². The van der Waals surface area contributed by atoms with E-state index in [4.69, 9.17) is 10.6 Å². The van der Waals surface area contributed by atoms with E-state index in [0.717, 1.165) is 10.4 Å². The Morgan fingerprint density at radius 3 is 2.82 bits per heavy atom. The van der Waals surface area contributed by atoms with E-state index in [0.29, 0.717) is 11.2 Å². The van der Waals surface area contributed by atoms with Gasteiger partial charge in [-0.25, -0.2) is 10.0 Å². The summed E-state index contributed by atoms with van der Waals surface area (Å²) in [6.45, 7) is 0. The van der Waals surface area contributed by atoms with Gasteiger partial charge < -0.3 is 5.73 Å². The zero-order chi connectivity index (χ0) is 12.4. The molecule has 0 atom stereocenters. The first-order chi connectivity index (χ1) is 8.13. The SMILES string of the molecule is CON(C)C(=O)c1cc(N)c2ccccc2n1. The van der Waals surface area contributed by atoms with Gasteiger partial charge in [0.15, 0.2) is 0 Å². The van der Waals surface area contributed by atoms with Gasteiger partial charge in [0.25, 0.3) is 5.91 Å². The molecule has 5 heteroatoms. The van der Waals surface area contributed by atoms with Crippen LogP contribution >= 0.6 is 0 Å². The number of hydrogen-bond acceptors (Lipinski definition) is 4. The number of pyridine rings is 1. The highest BCUT2D eigenvalue weighted by Crippen LogP contribution is 2.20. The molecule has 88 valence electrons.